The average molecular weight is 246 g/mol. The van der Waals surface area contributed by atoms with E-state index in [9.17, 15) is 5.11 Å². The second kappa shape index (κ2) is 5.18. The molecule has 0 bridgehead atoms. The Bertz CT molecular complexity index is 515. The first-order chi connectivity index (χ1) is 8.65. The van der Waals surface area contributed by atoms with E-state index < -0.39 is 6.10 Å². The van der Waals surface area contributed by atoms with E-state index in [0.29, 0.717) is 11.4 Å². The predicted octanol–water partition coefficient (Wildman–Crippen LogP) is 1.66. The lowest BCUT2D eigenvalue weighted by Gasteiger charge is -2.17. The van der Waals surface area contributed by atoms with Gasteiger partial charge in [-0.2, -0.15) is 0 Å². The second-order valence-corrected chi connectivity index (χ2v) is 4.34. The monoisotopic (exact) mass is 246 g/mol. The number of aliphatic hydroxyl groups excluding tert-OH is 1. The molecule has 0 saturated carbocycles. The number of hydrogen-bond acceptors (Lipinski definition) is 4. The fraction of sp³-hybridized carbons (Fsp3) is 0.385. The van der Waals surface area contributed by atoms with Gasteiger partial charge in [0.05, 0.1) is 18.2 Å². The highest BCUT2D eigenvalue weighted by atomic mass is 16.3. The Labute approximate surface area is 106 Å². The smallest absolute Gasteiger partial charge is 0.129 e. The fourth-order valence-electron chi connectivity index (χ4n) is 2.08. The van der Waals surface area contributed by atoms with Crippen molar-refractivity contribution < 1.29 is 5.11 Å². The molecule has 5 heteroatoms. The Balaban J connectivity index is 2.41. The normalized spacial score (nSPS) is 12.6. The maximum Gasteiger partial charge on any atom is 0.129 e. The molecular weight excluding hydrogens is 228 g/mol. The Morgan fingerprint density at radius 2 is 2.28 bits per heavy atom. The zero-order chi connectivity index (χ0) is 13.1. The average Bonchev–Trinajstić information content (AvgIpc) is 2.77. The van der Waals surface area contributed by atoms with Crippen molar-refractivity contribution in [2.45, 2.75) is 32.9 Å². The van der Waals surface area contributed by atoms with Gasteiger partial charge in [0.2, 0.25) is 0 Å². The number of rotatable bonds is 4. The number of nitrogens with zero attached hydrogens (tertiary/aromatic N) is 3. The van der Waals surface area contributed by atoms with E-state index in [-0.39, 0.29) is 0 Å². The van der Waals surface area contributed by atoms with E-state index in [1.807, 2.05) is 17.6 Å². The molecule has 2 aromatic heterocycles. The van der Waals surface area contributed by atoms with Gasteiger partial charge in [-0.05, 0) is 25.0 Å². The summed E-state index contributed by atoms with van der Waals surface area (Å²) in [6.45, 7) is 4.82. The van der Waals surface area contributed by atoms with Crippen LogP contribution in [-0.2, 0) is 6.54 Å². The van der Waals surface area contributed by atoms with Gasteiger partial charge in [-0.1, -0.05) is 6.92 Å². The molecule has 3 N–H and O–H groups in total. The fourth-order valence-corrected chi connectivity index (χ4v) is 2.08. The lowest BCUT2D eigenvalue weighted by Crippen LogP contribution is -2.12. The molecule has 5 nitrogen and oxygen atoms in total. The van der Waals surface area contributed by atoms with Crippen LogP contribution in [0, 0.1) is 6.92 Å². The number of imidazole rings is 1. The van der Waals surface area contributed by atoms with E-state index >= 15 is 0 Å². The van der Waals surface area contributed by atoms with Gasteiger partial charge in [-0.3, -0.25) is 0 Å². The van der Waals surface area contributed by atoms with E-state index in [1.165, 1.54) is 0 Å². The van der Waals surface area contributed by atoms with Gasteiger partial charge in [0, 0.05) is 18.3 Å². The molecule has 0 fully saturated rings. The molecule has 2 aromatic rings. The summed E-state index contributed by atoms with van der Waals surface area (Å²) in [5.74, 6) is 0.367. The van der Waals surface area contributed by atoms with Crippen molar-refractivity contribution in [3.8, 4) is 0 Å². The second-order valence-electron chi connectivity index (χ2n) is 4.34. The van der Waals surface area contributed by atoms with Crippen LogP contribution in [0.15, 0.2) is 24.8 Å². The standard InChI is InChI=1S/C13H18N4O/c1-3-6-17-8-15-7-10(17)12(18)11-9(2)4-5-16-13(11)14/h4-5,7-8,12,18H,3,6H2,1-2H3,(H2,14,16). The van der Waals surface area contributed by atoms with Crippen molar-refractivity contribution in [2.24, 2.45) is 0 Å². The van der Waals surface area contributed by atoms with E-state index in [0.717, 1.165) is 24.2 Å². The number of pyridine rings is 1. The van der Waals surface area contributed by atoms with Gasteiger partial charge in [0.15, 0.2) is 0 Å². The van der Waals surface area contributed by atoms with Crippen LogP contribution in [0.2, 0.25) is 0 Å². The summed E-state index contributed by atoms with van der Waals surface area (Å²) in [6, 6.07) is 1.84. The summed E-state index contributed by atoms with van der Waals surface area (Å²) in [6.07, 6.45) is 5.24. The van der Waals surface area contributed by atoms with E-state index in [2.05, 4.69) is 16.9 Å². The summed E-state index contributed by atoms with van der Waals surface area (Å²) in [5.41, 5.74) is 8.19. The van der Waals surface area contributed by atoms with Gasteiger partial charge in [-0.25, -0.2) is 9.97 Å². The Morgan fingerprint density at radius 3 is 2.94 bits per heavy atom. The third kappa shape index (κ3) is 2.22. The number of anilines is 1. The molecule has 1 atom stereocenters. The largest absolute Gasteiger partial charge is 0.383 e. The third-order valence-electron chi connectivity index (χ3n) is 3.00. The number of nitrogen functional groups attached to an aromatic ring is 1. The SMILES string of the molecule is CCCn1cncc1C(O)c1c(C)ccnc1N. The first-order valence-corrected chi connectivity index (χ1v) is 6.04. The molecule has 2 heterocycles. The lowest BCUT2D eigenvalue weighted by atomic mass is 10.0. The van der Waals surface area contributed by atoms with Gasteiger partial charge in [-0.15, -0.1) is 0 Å². The van der Waals surface area contributed by atoms with Crippen LogP contribution in [0.1, 0.15) is 36.3 Å². The maximum atomic E-state index is 10.5. The minimum atomic E-state index is -0.784. The van der Waals surface area contributed by atoms with Crippen LogP contribution in [0.4, 0.5) is 5.82 Å². The summed E-state index contributed by atoms with van der Waals surface area (Å²) in [4.78, 5) is 8.12. The van der Waals surface area contributed by atoms with Crippen LogP contribution in [0.25, 0.3) is 0 Å². The highest BCUT2D eigenvalue weighted by molar-refractivity contribution is 5.47. The number of aliphatic hydroxyl groups is 1. The van der Waals surface area contributed by atoms with Crippen molar-refractivity contribution >= 4 is 5.82 Å². The van der Waals surface area contributed by atoms with Crippen molar-refractivity contribution in [3.05, 3.63) is 41.6 Å². The van der Waals surface area contributed by atoms with Crippen molar-refractivity contribution in [2.75, 3.05) is 5.73 Å². The number of hydrogen-bond donors (Lipinski definition) is 2. The highest BCUT2D eigenvalue weighted by Crippen LogP contribution is 2.28. The Kier molecular flexibility index (Phi) is 3.62. The molecule has 18 heavy (non-hydrogen) atoms. The van der Waals surface area contributed by atoms with Crippen molar-refractivity contribution in [3.63, 3.8) is 0 Å². The Morgan fingerprint density at radius 1 is 1.50 bits per heavy atom. The summed E-state index contributed by atoms with van der Waals surface area (Å²) in [7, 11) is 0. The quantitative estimate of drug-likeness (QED) is 0.860. The predicted molar refractivity (Wildman–Crippen MR) is 70.0 cm³/mol. The summed E-state index contributed by atoms with van der Waals surface area (Å²) >= 11 is 0. The molecule has 0 spiro atoms. The van der Waals surface area contributed by atoms with Gasteiger partial charge >= 0.3 is 0 Å². The molecule has 2 rings (SSSR count). The molecule has 0 amide bonds. The van der Waals surface area contributed by atoms with Gasteiger partial charge in [0.1, 0.15) is 11.9 Å². The third-order valence-corrected chi connectivity index (χ3v) is 3.00. The van der Waals surface area contributed by atoms with E-state index in [1.54, 1.807) is 18.7 Å². The van der Waals surface area contributed by atoms with Crippen LogP contribution >= 0.6 is 0 Å². The van der Waals surface area contributed by atoms with Gasteiger partial charge in [0.25, 0.3) is 0 Å². The molecular formula is C13H18N4O. The topological polar surface area (TPSA) is 77.0 Å². The molecule has 0 aliphatic carbocycles. The summed E-state index contributed by atoms with van der Waals surface area (Å²) in [5, 5.41) is 10.5. The van der Waals surface area contributed by atoms with Crippen LogP contribution in [-0.4, -0.2) is 19.6 Å². The molecule has 0 radical (unpaired) electrons. The summed E-state index contributed by atoms with van der Waals surface area (Å²) < 4.78 is 1.94. The minimum Gasteiger partial charge on any atom is -0.383 e. The van der Waals surface area contributed by atoms with Crippen molar-refractivity contribution in [1.82, 2.24) is 14.5 Å². The first kappa shape index (κ1) is 12.6. The van der Waals surface area contributed by atoms with Crippen LogP contribution in [0.5, 0.6) is 0 Å². The molecule has 0 aliphatic rings. The van der Waals surface area contributed by atoms with Gasteiger partial charge < -0.3 is 15.4 Å². The maximum absolute atomic E-state index is 10.5. The molecule has 1 unspecified atom stereocenters. The zero-order valence-corrected chi connectivity index (χ0v) is 10.7. The number of aromatic nitrogens is 3. The molecule has 0 aromatic carbocycles. The van der Waals surface area contributed by atoms with Crippen LogP contribution in [0.3, 0.4) is 0 Å². The van der Waals surface area contributed by atoms with Crippen molar-refractivity contribution in [1.29, 1.82) is 0 Å². The van der Waals surface area contributed by atoms with E-state index in [4.69, 9.17) is 5.73 Å². The Hall–Kier alpha value is -1.88. The molecule has 0 saturated heterocycles. The van der Waals surface area contributed by atoms with Crippen LogP contribution < -0.4 is 5.73 Å². The highest BCUT2D eigenvalue weighted by Gasteiger charge is 2.19. The zero-order valence-electron chi connectivity index (χ0n) is 10.7. The number of nitrogens with two attached hydrogens (primary N) is 1. The molecule has 96 valence electrons. The lowest BCUT2D eigenvalue weighted by molar-refractivity contribution is 0.209. The first-order valence-electron chi connectivity index (χ1n) is 6.04. The molecule has 0 aliphatic heterocycles. The number of aryl methyl sites for hydroxylation is 2. The minimum absolute atomic E-state index is 0.367.